The third kappa shape index (κ3) is 4.20. The van der Waals surface area contributed by atoms with E-state index < -0.39 is 6.17 Å². The SMILES string of the molecule is CCCc1c(Nc2nc(Cl)c3c(n2)CCN(CC(F)CC)C3)ncc2c1-c1[nH]c3c(c1CC2)C(=O)NCC31CC1. The van der Waals surface area contributed by atoms with E-state index in [1.807, 2.05) is 13.1 Å². The van der Waals surface area contributed by atoms with Gasteiger partial charge in [-0.1, -0.05) is 31.9 Å². The van der Waals surface area contributed by atoms with E-state index in [2.05, 4.69) is 32.4 Å². The quantitative estimate of drug-likeness (QED) is 0.342. The van der Waals surface area contributed by atoms with Crippen LogP contribution >= 0.6 is 11.6 Å². The minimum atomic E-state index is -0.843. The lowest BCUT2D eigenvalue weighted by atomic mass is 9.84. The van der Waals surface area contributed by atoms with Crippen LogP contribution in [0.25, 0.3) is 11.3 Å². The molecule has 3 N–H and O–H groups in total. The van der Waals surface area contributed by atoms with Crippen LogP contribution in [0.4, 0.5) is 16.2 Å². The smallest absolute Gasteiger partial charge is 0.253 e. The number of anilines is 2. The van der Waals surface area contributed by atoms with Crippen LogP contribution < -0.4 is 10.6 Å². The summed E-state index contributed by atoms with van der Waals surface area (Å²) in [6.45, 7) is 6.45. The van der Waals surface area contributed by atoms with E-state index in [1.54, 1.807) is 0 Å². The normalized spacial score (nSPS) is 19.4. The van der Waals surface area contributed by atoms with Gasteiger partial charge in [0, 0.05) is 66.6 Å². The van der Waals surface area contributed by atoms with E-state index in [0.717, 1.165) is 102 Å². The van der Waals surface area contributed by atoms with Crippen molar-refractivity contribution in [3.63, 3.8) is 0 Å². The standard InChI is InChI=1S/C30H35ClFN7O/c1-3-5-19-22-16(6-7-18-23-25(36-24(18)22)30(9-10-30)15-34-28(23)40)12-33-27(19)38-29-35-21-8-11-39(13-17(32)4-2)14-20(21)26(31)37-29/h12,17,36H,3-11,13-15H2,1-2H3,(H,34,40)(H,33,35,37,38). The fourth-order valence-corrected chi connectivity index (χ4v) is 7.02. The van der Waals surface area contributed by atoms with E-state index in [-0.39, 0.29) is 11.3 Å². The molecule has 0 saturated heterocycles. The van der Waals surface area contributed by atoms with Gasteiger partial charge in [0.2, 0.25) is 5.95 Å². The van der Waals surface area contributed by atoms with E-state index >= 15 is 0 Å². The van der Waals surface area contributed by atoms with Crippen molar-refractivity contribution >= 4 is 29.3 Å². The Morgan fingerprint density at radius 3 is 2.80 bits per heavy atom. The molecule has 4 aliphatic rings. The Kier molecular flexibility index (Phi) is 6.35. The third-order valence-electron chi connectivity index (χ3n) is 9.17. The number of pyridine rings is 1. The van der Waals surface area contributed by atoms with Crippen molar-refractivity contribution in [3.05, 3.63) is 50.6 Å². The maximum absolute atomic E-state index is 14.0. The number of hydrogen-bond acceptors (Lipinski definition) is 6. The molecule has 3 aromatic rings. The van der Waals surface area contributed by atoms with Crippen molar-refractivity contribution in [1.82, 2.24) is 30.2 Å². The Morgan fingerprint density at radius 2 is 2.02 bits per heavy atom. The number of hydrogen-bond donors (Lipinski definition) is 3. The van der Waals surface area contributed by atoms with E-state index in [4.69, 9.17) is 21.6 Å². The van der Waals surface area contributed by atoms with Gasteiger partial charge < -0.3 is 15.6 Å². The Labute approximate surface area is 238 Å². The van der Waals surface area contributed by atoms with Gasteiger partial charge in [-0.15, -0.1) is 0 Å². The molecule has 210 valence electrons. The lowest BCUT2D eigenvalue weighted by Gasteiger charge is -2.29. The summed E-state index contributed by atoms with van der Waals surface area (Å²) in [5.41, 5.74) is 9.54. The van der Waals surface area contributed by atoms with Crippen molar-refractivity contribution in [3.8, 4) is 11.3 Å². The summed E-state index contributed by atoms with van der Waals surface area (Å²) in [6.07, 6.45) is 7.99. The third-order valence-corrected chi connectivity index (χ3v) is 9.49. The number of carbonyl (C=O) groups excluding carboxylic acids is 1. The van der Waals surface area contributed by atoms with Crippen LogP contribution in [0.1, 0.15) is 83.5 Å². The molecule has 1 unspecified atom stereocenters. The first-order valence-corrected chi connectivity index (χ1v) is 15.0. The molecular formula is C30H35ClFN7O. The van der Waals surface area contributed by atoms with Gasteiger partial charge in [0.15, 0.2) is 0 Å². The number of nitrogens with one attached hydrogen (secondary N) is 3. The van der Waals surface area contributed by atoms with Gasteiger partial charge in [-0.05, 0) is 49.7 Å². The van der Waals surface area contributed by atoms with Gasteiger partial charge in [0.25, 0.3) is 5.91 Å². The van der Waals surface area contributed by atoms with Crippen molar-refractivity contribution in [2.45, 2.75) is 83.3 Å². The number of aromatic nitrogens is 4. The molecular weight excluding hydrogens is 529 g/mol. The average Bonchev–Trinajstić information content (AvgIpc) is 3.62. The molecule has 5 heterocycles. The van der Waals surface area contributed by atoms with Gasteiger partial charge in [-0.3, -0.25) is 9.69 Å². The maximum atomic E-state index is 14.0. The highest BCUT2D eigenvalue weighted by atomic mass is 35.5. The first-order chi connectivity index (χ1) is 19.4. The maximum Gasteiger partial charge on any atom is 0.253 e. The molecule has 7 rings (SSSR count). The summed E-state index contributed by atoms with van der Waals surface area (Å²) < 4.78 is 14.0. The second kappa shape index (κ2) is 9.80. The predicted octanol–water partition coefficient (Wildman–Crippen LogP) is 5.20. The molecule has 1 atom stereocenters. The van der Waals surface area contributed by atoms with Crippen molar-refractivity contribution in [1.29, 1.82) is 0 Å². The summed E-state index contributed by atoms with van der Waals surface area (Å²) in [5.74, 6) is 1.20. The van der Waals surface area contributed by atoms with Gasteiger partial charge in [0.1, 0.15) is 17.1 Å². The number of halogens is 2. The Morgan fingerprint density at radius 1 is 1.18 bits per heavy atom. The molecule has 8 nitrogen and oxygen atoms in total. The molecule has 1 spiro atoms. The van der Waals surface area contributed by atoms with Gasteiger partial charge in [0.05, 0.1) is 17.0 Å². The number of nitrogens with zero attached hydrogens (tertiary/aromatic N) is 4. The number of fused-ring (bicyclic) bond motifs is 7. The fraction of sp³-hybridized carbons (Fsp3) is 0.533. The number of aryl methyl sites for hydroxylation is 1. The molecule has 0 bridgehead atoms. The van der Waals surface area contributed by atoms with Gasteiger partial charge in [-0.2, -0.15) is 0 Å². The largest absolute Gasteiger partial charge is 0.357 e. The zero-order valence-corrected chi connectivity index (χ0v) is 23.8. The predicted molar refractivity (Wildman–Crippen MR) is 153 cm³/mol. The summed E-state index contributed by atoms with van der Waals surface area (Å²) in [7, 11) is 0. The number of aromatic amines is 1. The number of amides is 1. The first kappa shape index (κ1) is 25.9. The summed E-state index contributed by atoms with van der Waals surface area (Å²) in [4.78, 5) is 33.1. The van der Waals surface area contributed by atoms with Crippen LogP contribution in [0.5, 0.6) is 0 Å². The molecule has 3 aromatic heterocycles. The molecule has 0 radical (unpaired) electrons. The van der Waals surface area contributed by atoms with E-state index in [1.165, 1.54) is 5.56 Å². The molecule has 2 aliphatic carbocycles. The van der Waals surface area contributed by atoms with Crippen LogP contribution in [-0.2, 0) is 37.6 Å². The zero-order valence-electron chi connectivity index (χ0n) is 23.1. The summed E-state index contributed by atoms with van der Waals surface area (Å²) >= 11 is 6.66. The minimum absolute atomic E-state index is 0.0466. The Hall–Kier alpha value is -3.04. The summed E-state index contributed by atoms with van der Waals surface area (Å²) in [6, 6.07) is 0. The van der Waals surface area contributed by atoms with Crippen molar-refractivity contribution in [2.24, 2.45) is 0 Å². The Balaban J connectivity index is 1.25. The first-order valence-electron chi connectivity index (χ1n) is 14.6. The fourth-order valence-electron chi connectivity index (χ4n) is 6.77. The lowest BCUT2D eigenvalue weighted by molar-refractivity contribution is 0.0936. The number of rotatable bonds is 7. The number of H-pyrrole nitrogens is 1. The summed E-state index contributed by atoms with van der Waals surface area (Å²) in [5, 5.41) is 6.94. The molecule has 40 heavy (non-hydrogen) atoms. The molecule has 0 aromatic carbocycles. The number of alkyl halides is 1. The van der Waals surface area contributed by atoms with Crippen LogP contribution in [0.3, 0.4) is 0 Å². The highest BCUT2D eigenvalue weighted by Gasteiger charge is 2.51. The topological polar surface area (TPSA) is 98.8 Å². The van der Waals surface area contributed by atoms with Crippen molar-refractivity contribution in [2.75, 3.05) is 25.0 Å². The molecule has 10 heteroatoms. The van der Waals surface area contributed by atoms with Crippen molar-refractivity contribution < 1.29 is 9.18 Å². The van der Waals surface area contributed by atoms with E-state index in [9.17, 15) is 9.18 Å². The second-order valence-corrected chi connectivity index (χ2v) is 12.2. The number of carbonyl (C=O) groups is 1. The van der Waals surface area contributed by atoms with Crippen LogP contribution in [-0.4, -0.2) is 56.5 Å². The monoisotopic (exact) mass is 563 g/mol. The van der Waals surface area contributed by atoms with Crippen LogP contribution in [0.15, 0.2) is 6.20 Å². The molecule has 1 fully saturated rings. The lowest BCUT2D eigenvalue weighted by Crippen LogP contribution is -2.39. The highest BCUT2D eigenvalue weighted by molar-refractivity contribution is 6.30. The second-order valence-electron chi connectivity index (χ2n) is 11.8. The molecule has 2 aliphatic heterocycles. The highest BCUT2D eigenvalue weighted by Crippen LogP contribution is 2.53. The van der Waals surface area contributed by atoms with E-state index in [0.29, 0.717) is 37.0 Å². The van der Waals surface area contributed by atoms with Gasteiger partial charge >= 0.3 is 0 Å². The van der Waals surface area contributed by atoms with Crippen LogP contribution in [0.2, 0.25) is 5.15 Å². The van der Waals surface area contributed by atoms with Crippen LogP contribution in [0, 0.1) is 0 Å². The van der Waals surface area contributed by atoms with Gasteiger partial charge in [-0.25, -0.2) is 19.3 Å². The average molecular weight is 564 g/mol. The zero-order chi connectivity index (χ0) is 27.6. The Bertz CT molecular complexity index is 1510. The molecule has 1 amide bonds. The molecule has 1 saturated carbocycles. The minimum Gasteiger partial charge on any atom is -0.357 e.